The van der Waals surface area contributed by atoms with E-state index >= 15 is 0 Å². The molecular formula is C19H15N5O3. The average molecular weight is 361 g/mol. The topological polar surface area (TPSA) is 95.3 Å². The van der Waals surface area contributed by atoms with Crippen LogP contribution in [0.4, 0.5) is 5.82 Å². The summed E-state index contributed by atoms with van der Waals surface area (Å²) in [6, 6.07) is 10.1. The zero-order valence-electron chi connectivity index (χ0n) is 14.4. The maximum Gasteiger partial charge on any atom is 0.382 e. The lowest BCUT2D eigenvalue weighted by atomic mass is 10.0. The van der Waals surface area contributed by atoms with Crippen LogP contribution < -0.4 is 5.56 Å². The van der Waals surface area contributed by atoms with E-state index in [1.54, 1.807) is 24.8 Å². The number of nitrogens with zero attached hydrogens (tertiary/aromatic N) is 5. The summed E-state index contributed by atoms with van der Waals surface area (Å²) in [5.41, 5.74) is 3.65. The molecule has 0 aliphatic heterocycles. The Hall–Kier alpha value is -3.81. The van der Waals surface area contributed by atoms with Crippen LogP contribution in [0.5, 0.6) is 0 Å². The summed E-state index contributed by atoms with van der Waals surface area (Å²) in [6.07, 6.45) is 7.86. The van der Waals surface area contributed by atoms with Crippen LogP contribution in [0.2, 0.25) is 0 Å². The molecule has 0 aliphatic carbocycles. The van der Waals surface area contributed by atoms with Gasteiger partial charge < -0.3 is 14.7 Å². The summed E-state index contributed by atoms with van der Waals surface area (Å²) in [6.45, 7) is 2.32. The number of imidazole rings is 1. The predicted octanol–water partition coefficient (Wildman–Crippen LogP) is 2.82. The second-order valence-electron chi connectivity index (χ2n) is 6.27. The first-order chi connectivity index (χ1) is 13.0. The van der Waals surface area contributed by atoms with Gasteiger partial charge in [-0.25, -0.2) is 0 Å². The van der Waals surface area contributed by atoms with Crippen LogP contribution in [-0.4, -0.2) is 23.9 Å². The highest BCUT2D eigenvalue weighted by Crippen LogP contribution is 2.20. The largest absolute Gasteiger partial charge is 0.382 e. The van der Waals surface area contributed by atoms with Crippen LogP contribution in [0, 0.1) is 17.0 Å². The summed E-state index contributed by atoms with van der Waals surface area (Å²) < 4.78 is 2.82. The monoisotopic (exact) mass is 361 g/mol. The Balaban J connectivity index is 1.69. The zero-order chi connectivity index (χ0) is 19.0. The van der Waals surface area contributed by atoms with E-state index in [2.05, 4.69) is 9.97 Å². The van der Waals surface area contributed by atoms with Crippen LogP contribution in [0.1, 0.15) is 11.1 Å². The van der Waals surface area contributed by atoms with Gasteiger partial charge in [0, 0.05) is 30.4 Å². The van der Waals surface area contributed by atoms with Crippen LogP contribution >= 0.6 is 0 Å². The van der Waals surface area contributed by atoms with E-state index in [1.807, 2.05) is 37.3 Å². The standard InChI is InChI=1S/C19H15N5O3/c1-13-2-4-15(5-3-13)16-8-14(9-20-10-16)11-23-7-6-22-12-17(24(26)27)21-18(22)19(23)25/h2-10,12H,11H2,1H3. The van der Waals surface area contributed by atoms with E-state index in [1.165, 1.54) is 20.7 Å². The number of pyridine rings is 1. The van der Waals surface area contributed by atoms with E-state index in [9.17, 15) is 14.9 Å². The number of fused-ring (bicyclic) bond motifs is 1. The van der Waals surface area contributed by atoms with Gasteiger partial charge in [-0.15, -0.1) is 0 Å². The quantitative estimate of drug-likeness (QED) is 0.411. The molecule has 0 spiro atoms. The molecule has 0 amide bonds. The first kappa shape index (κ1) is 16.6. The third-order valence-electron chi connectivity index (χ3n) is 4.30. The third kappa shape index (κ3) is 3.20. The van der Waals surface area contributed by atoms with E-state index in [0.717, 1.165) is 16.7 Å². The van der Waals surface area contributed by atoms with E-state index < -0.39 is 10.5 Å². The molecule has 8 nitrogen and oxygen atoms in total. The third-order valence-corrected chi connectivity index (χ3v) is 4.30. The molecule has 0 N–H and O–H groups in total. The second-order valence-corrected chi connectivity index (χ2v) is 6.27. The molecule has 27 heavy (non-hydrogen) atoms. The predicted molar refractivity (Wildman–Crippen MR) is 99.6 cm³/mol. The SMILES string of the molecule is Cc1ccc(-c2cncc(Cn3ccn4cc([N+](=O)[O-])nc4c3=O)c2)cc1. The molecule has 0 radical (unpaired) electrons. The number of aromatic nitrogens is 4. The van der Waals surface area contributed by atoms with Crippen LogP contribution in [-0.2, 0) is 6.54 Å². The molecule has 0 saturated carbocycles. The number of aryl methyl sites for hydroxylation is 1. The van der Waals surface area contributed by atoms with Gasteiger partial charge in [-0.3, -0.25) is 14.2 Å². The number of benzene rings is 1. The van der Waals surface area contributed by atoms with E-state index in [-0.39, 0.29) is 11.5 Å². The molecule has 0 bridgehead atoms. The Morgan fingerprint density at radius 1 is 1.11 bits per heavy atom. The molecule has 8 heteroatoms. The van der Waals surface area contributed by atoms with Crippen molar-refractivity contribution >= 4 is 11.5 Å². The number of nitro groups is 1. The lowest BCUT2D eigenvalue weighted by molar-refractivity contribution is -0.389. The minimum Gasteiger partial charge on any atom is -0.358 e. The molecule has 0 aliphatic rings. The van der Waals surface area contributed by atoms with Gasteiger partial charge in [0.25, 0.3) is 0 Å². The van der Waals surface area contributed by atoms with Gasteiger partial charge >= 0.3 is 17.0 Å². The van der Waals surface area contributed by atoms with Crippen molar-refractivity contribution in [2.24, 2.45) is 0 Å². The van der Waals surface area contributed by atoms with Crippen molar-refractivity contribution in [2.45, 2.75) is 13.5 Å². The minimum atomic E-state index is -0.619. The lowest BCUT2D eigenvalue weighted by Gasteiger charge is -2.07. The van der Waals surface area contributed by atoms with Gasteiger partial charge in [0.05, 0.1) is 6.54 Å². The lowest BCUT2D eigenvalue weighted by Crippen LogP contribution is -2.22. The van der Waals surface area contributed by atoms with Gasteiger partial charge in [-0.05, 0) is 34.0 Å². The normalized spacial score (nSPS) is 11.0. The minimum absolute atomic E-state index is 0.0202. The van der Waals surface area contributed by atoms with Crippen molar-refractivity contribution in [1.29, 1.82) is 0 Å². The van der Waals surface area contributed by atoms with Crippen molar-refractivity contribution in [3.8, 4) is 11.1 Å². The molecule has 4 rings (SSSR count). The van der Waals surface area contributed by atoms with Crippen LogP contribution in [0.25, 0.3) is 16.8 Å². The molecule has 4 aromatic rings. The first-order valence-corrected chi connectivity index (χ1v) is 8.25. The maximum atomic E-state index is 12.6. The van der Waals surface area contributed by atoms with Gasteiger partial charge in [-0.2, -0.15) is 0 Å². The molecule has 1 aromatic carbocycles. The Morgan fingerprint density at radius 3 is 2.63 bits per heavy atom. The molecule has 0 fully saturated rings. The van der Waals surface area contributed by atoms with Crippen molar-refractivity contribution < 1.29 is 4.92 Å². The molecule has 0 saturated heterocycles. The number of hydrogen-bond acceptors (Lipinski definition) is 5. The average Bonchev–Trinajstić information content (AvgIpc) is 3.10. The smallest absolute Gasteiger partial charge is 0.358 e. The van der Waals surface area contributed by atoms with Crippen molar-refractivity contribution in [3.05, 3.63) is 92.9 Å². The highest BCUT2D eigenvalue weighted by Gasteiger charge is 2.17. The summed E-state index contributed by atoms with van der Waals surface area (Å²) >= 11 is 0. The van der Waals surface area contributed by atoms with E-state index in [0.29, 0.717) is 6.54 Å². The fourth-order valence-electron chi connectivity index (χ4n) is 2.89. The first-order valence-electron chi connectivity index (χ1n) is 8.25. The fourth-order valence-corrected chi connectivity index (χ4v) is 2.89. The number of hydrogen-bond donors (Lipinski definition) is 0. The Labute approximate surface area is 153 Å². The van der Waals surface area contributed by atoms with Gasteiger partial charge in [0.1, 0.15) is 6.20 Å². The molecule has 3 heterocycles. The van der Waals surface area contributed by atoms with Gasteiger partial charge in [0.15, 0.2) is 0 Å². The Morgan fingerprint density at radius 2 is 1.89 bits per heavy atom. The van der Waals surface area contributed by atoms with Crippen LogP contribution in [0.15, 0.2) is 66.1 Å². The second kappa shape index (κ2) is 6.49. The molecule has 0 atom stereocenters. The molecule has 134 valence electrons. The highest BCUT2D eigenvalue weighted by atomic mass is 16.6. The summed E-state index contributed by atoms with van der Waals surface area (Å²) in [5, 5.41) is 10.9. The van der Waals surface area contributed by atoms with Crippen molar-refractivity contribution in [1.82, 2.24) is 18.9 Å². The zero-order valence-corrected chi connectivity index (χ0v) is 14.4. The highest BCUT2D eigenvalue weighted by molar-refractivity contribution is 5.63. The van der Waals surface area contributed by atoms with Crippen LogP contribution in [0.3, 0.4) is 0 Å². The molecular weight excluding hydrogens is 346 g/mol. The Kier molecular flexibility index (Phi) is 4.00. The maximum absolute atomic E-state index is 12.6. The van der Waals surface area contributed by atoms with Gasteiger partial charge in [-0.1, -0.05) is 29.8 Å². The summed E-state index contributed by atoms with van der Waals surface area (Å²) in [4.78, 5) is 30.9. The fraction of sp³-hybridized carbons (Fsp3) is 0.105. The summed E-state index contributed by atoms with van der Waals surface area (Å²) in [5.74, 6) is -0.354. The molecule has 3 aromatic heterocycles. The van der Waals surface area contributed by atoms with E-state index in [4.69, 9.17) is 0 Å². The molecule has 0 unspecified atom stereocenters. The van der Waals surface area contributed by atoms with Crippen molar-refractivity contribution in [3.63, 3.8) is 0 Å². The number of rotatable bonds is 4. The summed E-state index contributed by atoms with van der Waals surface area (Å²) in [7, 11) is 0. The Bertz CT molecular complexity index is 1210. The van der Waals surface area contributed by atoms with Crippen molar-refractivity contribution in [2.75, 3.05) is 0 Å². The van der Waals surface area contributed by atoms with Gasteiger partial charge in [0.2, 0.25) is 0 Å².